The van der Waals surface area contributed by atoms with Crippen molar-refractivity contribution in [3.8, 4) is 22.5 Å². The van der Waals surface area contributed by atoms with Gasteiger partial charge in [0.05, 0.1) is 5.56 Å². The van der Waals surface area contributed by atoms with E-state index in [0.29, 0.717) is 21.7 Å². The van der Waals surface area contributed by atoms with Crippen LogP contribution in [0.5, 0.6) is 0 Å². The number of hydrogen-bond donors (Lipinski definition) is 0. The molecule has 0 N–H and O–H groups in total. The van der Waals surface area contributed by atoms with E-state index < -0.39 is 0 Å². The first-order valence-electron chi connectivity index (χ1n) is 6.36. The monoisotopic (exact) mass is 315 g/mol. The maximum atomic E-state index is 6.34. The summed E-state index contributed by atoms with van der Waals surface area (Å²) in [6.07, 6.45) is 3.35. The Morgan fingerprint density at radius 2 is 1.48 bits per heavy atom. The lowest BCUT2D eigenvalue weighted by molar-refractivity contribution is 1.17. The van der Waals surface area contributed by atoms with Gasteiger partial charge < -0.3 is 0 Å². The van der Waals surface area contributed by atoms with Crippen molar-refractivity contribution in [3.63, 3.8) is 0 Å². The van der Waals surface area contributed by atoms with Crippen LogP contribution in [0, 0.1) is 6.92 Å². The number of halogens is 2. The number of nitrogens with zero attached hydrogens (tertiary/aromatic N) is 3. The molecule has 2 heterocycles. The van der Waals surface area contributed by atoms with Crippen LogP contribution in [0.2, 0.25) is 10.3 Å². The first-order valence-corrected chi connectivity index (χ1v) is 7.12. The summed E-state index contributed by atoms with van der Waals surface area (Å²) in [5.74, 6) is 0.490. The van der Waals surface area contributed by atoms with Crippen LogP contribution < -0.4 is 0 Å². The summed E-state index contributed by atoms with van der Waals surface area (Å²) >= 11 is 12.7. The molecule has 5 heteroatoms. The van der Waals surface area contributed by atoms with Crippen molar-refractivity contribution in [1.82, 2.24) is 15.0 Å². The summed E-state index contributed by atoms with van der Waals surface area (Å²) in [5, 5.41) is 0.687. The molecule has 0 fully saturated rings. The smallest absolute Gasteiger partial charge is 0.162 e. The van der Waals surface area contributed by atoms with Crippen LogP contribution >= 0.6 is 23.2 Å². The fourth-order valence-corrected chi connectivity index (χ4v) is 2.70. The maximum absolute atomic E-state index is 6.34. The molecule has 0 bridgehead atoms. The van der Waals surface area contributed by atoms with E-state index in [1.165, 1.54) is 0 Å². The second kappa shape index (κ2) is 5.80. The predicted octanol–water partition coefficient (Wildman–Crippen LogP) is 4.82. The van der Waals surface area contributed by atoms with E-state index in [4.69, 9.17) is 23.2 Å². The van der Waals surface area contributed by atoms with E-state index in [1.807, 2.05) is 43.3 Å². The van der Waals surface area contributed by atoms with Crippen molar-refractivity contribution in [3.05, 3.63) is 64.7 Å². The van der Waals surface area contributed by atoms with Crippen LogP contribution in [-0.2, 0) is 0 Å². The number of hydrogen-bond acceptors (Lipinski definition) is 3. The Balaban J connectivity index is 2.16. The first kappa shape index (κ1) is 14.0. The van der Waals surface area contributed by atoms with E-state index in [2.05, 4.69) is 15.0 Å². The molecular formula is C16H11Cl2N3. The molecule has 0 unspecified atom stereocenters. The molecule has 3 rings (SSSR count). The lowest BCUT2D eigenvalue weighted by Gasteiger charge is -2.10. The molecule has 0 saturated carbocycles. The van der Waals surface area contributed by atoms with Crippen LogP contribution in [0.25, 0.3) is 22.5 Å². The molecule has 0 aliphatic carbocycles. The molecule has 0 atom stereocenters. The highest BCUT2D eigenvalue weighted by molar-refractivity contribution is 6.38. The van der Waals surface area contributed by atoms with Gasteiger partial charge in [-0.2, -0.15) is 0 Å². The van der Waals surface area contributed by atoms with E-state index in [1.54, 1.807) is 12.4 Å². The molecule has 0 aliphatic heterocycles. The Kier molecular flexibility index (Phi) is 3.86. The van der Waals surface area contributed by atoms with Crippen molar-refractivity contribution in [2.24, 2.45) is 0 Å². The molecule has 1 aromatic carbocycles. The van der Waals surface area contributed by atoms with Crippen molar-refractivity contribution in [2.45, 2.75) is 6.92 Å². The summed E-state index contributed by atoms with van der Waals surface area (Å²) in [6, 6.07) is 11.5. The van der Waals surface area contributed by atoms with E-state index in [0.717, 1.165) is 16.7 Å². The third kappa shape index (κ3) is 2.75. The molecule has 2 aromatic heterocycles. The lowest BCUT2D eigenvalue weighted by atomic mass is 10.0. The van der Waals surface area contributed by atoms with E-state index in [-0.39, 0.29) is 0 Å². The fraction of sp³-hybridized carbons (Fsp3) is 0.0625. The molecule has 21 heavy (non-hydrogen) atoms. The molecule has 104 valence electrons. The van der Waals surface area contributed by atoms with Crippen molar-refractivity contribution in [2.75, 3.05) is 0 Å². The highest BCUT2D eigenvalue weighted by Gasteiger charge is 2.15. The summed E-state index contributed by atoms with van der Waals surface area (Å²) in [7, 11) is 0. The molecule has 3 nitrogen and oxygen atoms in total. The first-order chi connectivity index (χ1) is 10.2. The second-order valence-electron chi connectivity index (χ2n) is 4.55. The molecule has 3 aromatic rings. The highest BCUT2D eigenvalue weighted by Crippen LogP contribution is 2.35. The molecule has 0 aliphatic rings. The molecule has 0 amide bonds. The van der Waals surface area contributed by atoms with Gasteiger partial charge in [0, 0.05) is 18.0 Å². The summed E-state index contributed by atoms with van der Waals surface area (Å²) < 4.78 is 0. The Labute approximate surface area is 132 Å². The van der Waals surface area contributed by atoms with E-state index >= 15 is 0 Å². The zero-order chi connectivity index (χ0) is 14.8. The standard InChI is InChI=1S/C16H11Cl2N3/c1-10-4-2-3-5-12(10)13-14(17)20-16(21-15(13)18)11-6-8-19-9-7-11/h2-9H,1H3. The Morgan fingerprint density at radius 1 is 0.857 bits per heavy atom. The molecule has 0 saturated heterocycles. The van der Waals surface area contributed by atoms with Gasteiger partial charge >= 0.3 is 0 Å². The average molecular weight is 316 g/mol. The minimum Gasteiger partial charge on any atom is -0.265 e. The topological polar surface area (TPSA) is 38.7 Å². The zero-order valence-corrected chi connectivity index (χ0v) is 12.7. The van der Waals surface area contributed by atoms with Gasteiger partial charge in [-0.25, -0.2) is 9.97 Å². The van der Waals surface area contributed by atoms with Crippen LogP contribution in [0.4, 0.5) is 0 Å². The SMILES string of the molecule is Cc1ccccc1-c1c(Cl)nc(-c2ccncc2)nc1Cl. The van der Waals surface area contributed by atoms with Gasteiger partial charge in [-0.15, -0.1) is 0 Å². The van der Waals surface area contributed by atoms with Crippen LogP contribution in [0.3, 0.4) is 0 Å². The van der Waals surface area contributed by atoms with Gasteiger partial charge in [0.25, 0.3) is 0 Å². The van der Waals surface area contributed by atoms with Gasteiger partial charge in [-0.05, 0) is 30.2 Å². The lowest BCUT2D eigenvalue weighted by Crippen LogP contribution is -1.95. The Morgan fingerprint density at radius 3 is 2.10 bits per heavy atom. The van der Waals surface area contributed by atoms with Gasteiger partial charge in [0.1, 0.15) is 10.3 Å². The number of rotatable bonds is 2. The summed E-state index contributed by atoms with van der Waals surface area (Å²) in [6.45, 7) is 2.00. The Hall–Kier alpha value is -1.97. The largest absolute Gasteiger partial charge is 0.265 e. The summed E-state index contributed by atoms with van der Waals surface area (Å²) in [5.41, 5.74) is 3.50. The van der Waals surface area contributed by atoms with Gasteiger partial charge in [0.15, 0.2) is 5.82 Å². The van der Waals surface area contributed by atoms with Crippen LogP contribution in [0.1, 0.15) is 5.56 Å². The highest BCUT2D eigenvalue weighted by atomic mass is 35.5. The number of aromatic nitrogens is 3. The third-order valence-electron chi connectivity index (χ3n) is 3.17. The number of aryl methyl sites for hydroxylation is 1. The fourth-order valence-electron chi connectivity index (χ4n) is 2.11. The van der Waals surface area contributed by atoms with Crippen LogP contribution in [0.15, 0.2) is 48.8 Å². The minimum absolute atomic E-state index is 0.344. The molecule has 0 radical (unpaired) electrons. The van der Waals surface area contributed by atoms with E-state index in [9.17, 15) is 0 Å². The molecule has 0 spiro atoms. The molecular weight excluding hydrogens is 305 g/mol. The normalized spacial score (nSPS) is 10.6. The quantitative estimate of drug-likeness (QED) is 0.636. The zero-order valence-electron chi connectivity index (χ0n) is 11.2. The third-order valence-corrected chi connectivity index (χ3v) is 3.72. The van der Waals surface area contributed by atoms with Crippen molar-refractivity contribution < 1.29 is 0 Å². The predicted molar refractivity (Wildman–Crippen MR) is 85.5 cm³/mol. The maximum Gasteiger partial charge on any atom is 0.162 e. The Bertz CT molecular complexity index is 766. The average Bonchev–Trinajstić information content (AvgIpc) is 2.49. The van der Waals surface area contributed by atoms with Crippen molar-refractivity contribution in [1.29, 1.82) is 0 Å². The van der Waals surface area contributed by atoms with Crippen LogP contribution in [-0.4, -0.2) is 15.0 Å². The van der Waals surface area contributed by atoms with Gasteiger partial charge in [0.2, 0.25) is 0 Å². The van der Waals surface area contributed by atoms with Crippen molar-refractivity contribution >= 4 is 23.2 Å². The second-order valence-corrected chi connectivity index (χ2v) is 5.27. The number of pyridine rings is 1. The minimum atomic E-state index is 0.344. The van der Waals surface area contributed by atoms with Gasteiger partial charge in [-0.3, -0.25) is 4.98 Å². The summed E-state index contributed by atoms with van der Waals surface area (Å²) in [4.78, 5) is 12.7. The van der Waals surface area contributed by atoms with Gasteiger partial charge in [-0.1, -0.05) is 47.5 Å². The number of benzene rings is 1.